The number of nitrogens with one attached hydrogen (secondary N) is 1. The van der Waals surface area contributed by atoms with Crippen LogP contribution in [0.5, 0.6) is 5.75 Å². The third-order valence-corrected chi connectivity index (χ3v) is 4.87. The van der Waals surface area contributed by atoms with Gasteiger partial charge in [0.15, 0.2) is 0 Å². The molecule has 0 fully saturated rings. The molecule has 0 bridgehead atoms. The molecule has 0 aromatic heterocycles. The molecule has 6 nitrogen and oxygen atoms in total. The summed E-state index contributed by atoms with van der Waals surface area (Å²) in [4.78, 5) is 11.5. The van der Waals surface area contributed by atoms with Crippen molar-refractivity contribution >= 4 is 37.6 Å². The van der Waals surface area contributed by atoms with Crippen LogP contribution in [0.3, 0.4) is 0 Å². The Morgan fingerprint density at radius 2 is 1.73 bits per heavy atom. The number of anilines is 1. The number of carbonyl (C=O) groups excluding carboxylic acids is 1. The Labute approximate surface area is 155 Å². The summed E-state index contributed by atoms with van der Waals surface area (Å²) in [5, 5.41) is 0. The summed E-state index contributed by atoms with van der Waals surface area (Å²) in [6.07, 6.45) is -4.88. The lowest BCUT2D eigenvalue weighted by atomic mass is 10.2. The van der Waals surface area contributed by atoms with Crippen LogP contribution in [-0.2, 0) is 14.8 Å². The fraction of sp³-hybridized carbons (Fsp3) is 0.133. The van der Waals surface area contributed by atoms with Gasteiger partial charge in [0, 0.05) is 4.47 Å². The fourth-order valence-electron chi connectivity index (χ4n) is 1.91. The van der Waals surface area contributed by atoms with Crippen molar-refractivity contribution in [2.45, 2.75) is 11.3 Å². The molecule has 0 aliphatic heterocycles. The van der Waals surface area contributed by atoms with Gasteiger partial charge >= 0.3 is 12.3 Å². The van der Waals surface area contributed by atoms with Gasteiger partial charge in [-0.3, -0.25) is 4.72 Å². The lowest BCUT2D eigenvalue weighted by molar-refractivity contribution is -0.274. The highest BCUT2D eigenvalue weighted by molar-refractivity contribution is 9.10. The summed E-state index contributed by atoms with van der Waals surface area (Å²) in [6, 6.07) is 7.83. The van der Waals surface area contributed by atoms with Gasteiger partial charge in [-0.15, -0.1) is 13.2 Å². The van der Waals surface area contributed by atoms with E-state index < -0.39 is 28.1 Å². The summed E-state index contributed by atoms with van der Waals surface area (Å²) in [5.74, 6) is -1.33. The van der Waals surface area contributed by atoms with Crippen LogP contribution < -0.4 is 9.46 Å². The van der Waals surface area contributed by atoms with Gasteiger partial charge in [0.05, 0.1) is 23.3 Å². The van der Waals surface area contributed by atoms with Crippen molar-refractivity contribution in [1.82, 2.24) is 0 Å². The van der Waals surface area contributed by atoms with Crippen molar-refractivity contribution in [3.8, 4) is 5.75 Å². The number of hydrogen-bond acceptors (Lipinski definition) is 5. The minimum atomic E-state index is -4.88. The van der Waals surface area contributed by atoms with Gasteiger partial charge in [-0.1, -0.05) is 15.9 Å². The van der Waals surface area contributed by atoms with Crippen molar-refractivity contribution in [2.24, 2.45) is 0 Å². The Balaban J connectivity index is 2.31. The summed E-state index contributed by atoms with van der Waals surface area (Å²) in [6.45, 7) is 0. The van der Waals surface area contributed by atoms with Gasteiger partial charge in [0.1, 0.15) is 5.75 Å². The standard InChI is InChI=1S/C15H11BrF3NO5S/c1-24-14(21)12-8-9(16)2-7-13(12)20-26(22,23)11-5-3-10(4-6-11)25-15(17,18)19/h2-8,20H,1H3. The largest absolute Gasteiger partial charge is 0.573 e. The Hall–Kier alpha value is -2.27. The van der Waals surface area contributed by atoms with Gasteiger partial charge in [-0.2, -0.15) is 0 Å². The number of halogens is 4. The van der Waals surface area contributed by atoms with E-state index in [0.29, 0.717) is 4.47 Å². The molecule has 140 valence electrons. The van der Waals surface area contributed by atoms with Crippen molar-refractivity contribution in [1.29, 1.82) is 0 Å². The molecule has 0 radical (unpaired) electrons. The second-order valence-corrected chi connectivity index (χ2v) is 7.40. The van der Waals surface area contributed by atoms with E-state index >= 15 is 0 Å². The maximum Gasteiger partial charge on any atom is 0.573 e. The Morgan fingerprint density at radius 3 is 2.27 bits per heavy atom. The van der Waals surface area contributed by atoms with E-state index in [2.05, 4.69) is 30.1 Å². The van der Waals surface area contributed by atoms with Gasteiger partial charge in [-0.25, -0.2) is 13.2 Å². The van der Waals surface area contributed by atoms with Gasteiger partial charge in [0.2, 0.25) is 0 Å². The van der Waals surface area contributed by atoms with Crippen LogP contribution in [0.4, 0.5) is 18.9 Å². The molecule has 2 aromatic carbocycles. The van der Waals surface area contributed by atoms with E-state index in [1.54, 1.807) is 0 Å². The van der Waals surface area contributed by atoms with E-state index in [1.807, 2.05) is 0 Å². The number of methoxy groups -OCH3 is 1. The number of hydrogen-bond donors (Lipinski definition) is 1. The smallest absolute Gasteiger partial charge is 0.465 e. The number of sulfonamides is 1. The van der Waals surface area contributed by atoms with E-state index in [4.69, 9.17) is 0 Å². The lowest BCUT2D eigenvalue weighted by Gasteiger charge is -2.13. The van der Waals surface area contributed by atoms with Crippen LogP contribution in [0.15, 0.2) is 51.8 Å². The molecule has 26 heavy (non-hydrogen) atoms. The van der Waals surface area contributed by atoms with Crippen LogP contribution in [-0.4, -0.2) is 27.9 Å². The average Bonchev–Trinajstić information content (AvgIpc) is 2.54. The van der Waals surface area contributed by atoms with Gasteiger partial charge in [0.25, 0.3) is 10.0 Å². The highest BCUT2D eigenvalue weighted by atomic mass is 79.9. The number of carbonyl (C=O) groups is 1. The monoisotopic (exact) mass is 453 g/mol. The SMILES string of the molecule is COC(=O)c1cc(Br)ccc1NS(=O)(=O)c1ccc(OC(F)(F)F)cc1. The molecule has 0 heterocycles. The first-order valence-corrected chi connectivity index (χ1v) is 9.06. The first kappa shape index (κ1) is 20.0. The predicted octanol–water partition coefficient (Wildman–Crippen LogP) is 3.94. The molecule has 0 saturated heterocycles. The van der Waals surface area contributed by atoms with Crippen molar-refractivity contribution in [2.75, 3.05) is 11.8 Å². The highest BCUT2D eigenvalue weighted by Crippen LogP contribution is 2.27. The molecule has 0 unspecified atom stereocenters. The first-order chi connectivity index (χ1) is 12.0. The molecule has 0 spiro atoms. The normalized spacial score (nSPS) is 11.7. The van der Waals surface area contributed by atoms with Crippen LogP contribution in [0.25, 0.3) is 0 Å². The van der Waals surface area contributed by atoms with E-state index in [-0.39, 0.29) is 16.1 Å². The van der Waals surface area contributed by atoms with Crippen molar-refractivity contribution in [3.05, 3.63) is 52.5 Å². The summed E-state index contributed by atoms with van der Waals surface area (Å²) in [7, 11) is -3.02. The highest BCUT2D eigenvalue weighted by Gasteiger charge is 2.31. The average molecular weight is 454 g/mol. The minimum Gasteiger partial charge on any atom is -0.465 e. The van der Waals surface area contributed by atoms with Crippen LogP contribution >= 0.6 is 15.9 Å². The summed E-state index contributed by atoms with van der Waals surface area (Å²) >= 11 is 3.16. The zero-order chi connectivity index (χ0) is 19.5. The molecule has 0 saturated carbocycles. The Kier molecular flexibility index (Phi) is 5.81. The topological polar surface area (TPSA) is 81.7 Å². The third-order valence-electron chi connectivity index (χ3n) is 3.00. The zero-order valence-electron chi connectivity index (χ0n) is 13.0. The molecular formula is C15H11BrF3NO5S. The Morgan fingerprint density at radius 1 is 1.12 bits per heavy atom. The second kappa shape index (κ2) is 7.54. The number of ether oxygens (including phenoxy) is 2. The summed E-state index contributed by atoms with van der Waals surface area (Å²) < 4.78 is 72.3. The predicted molar refractivity (Wildman–Crippen MR) is 89.4 cm³/mol. The number of rotatable bonds is 5. The molecule has 2 rings (SSSR count). The zero-order valence-corrected chi connectivity index (χ0v) is 15.4. The number of benzene rings is 2. The molecule has 0 amide bonds. The fourth-order valence-corrected chi connectivity index (χ4v) is 3.35. The van der Waals surface area contributed by atoms with Crippen molar-refractivity contribution < 1.29 is 35.9 Å². The number of alkyl halides is 3. The van der Waals surface area contributed by atoms with E-state index in [1.165, 1.54) is 18.2 Å². The van der Waals surface area contributed by atoms with E-state index in [9.17, 15) is 26.4 Å². The Bertz CT molecular complexity index is 914. The molecular weight excluding hydrogens is 443 g/mol. The van der Waals surface area contributed by atoms with Gasteiger partial charge in [-0.05, 0) is 42.5 Å². The minimum absolute atomic E-state index is 0.0394. The second-order valence-electron chi connectivity index (χ2n) is 4.81. The molecule has 1 N–H and O–H groups in total. The maximum atomic E-state index is 12.4. The quantitative estimate of drug-likeness (QED) is 0.693. The van der Waals surface area contributed by atoms with Crippen LogP contribution in [0.2, 0.25) is 0 Å². The molecule has 0 atom stereocenters. The van der Waals surface area contributed by atoms with Crippen LogP contribution in [0.1, 0.15) is 10.4 Å². The first-order valence-electron chi connectivity index (χ1n) is 6.78. The van der Waals surface area contributed by atoms with Gasteiger partial charge < -0.3 is 9.47 Å². The molecule has 0 aliphatic carbocycles. The number of esters is 1. The molecule has 2 aromatic rings. The summed E-state index contributed by atoms with van der Waals surface area (Å²) in [5.41, 5.74) is -0.0851. The lowest BCUT2D eigenvalue weighted by Crippen LogP contribution is -2.18. The molecule has 11 heteroatoms. The van der Waals surface area contributed by atoms with Crippen LogP contribution in [0, 0.1) is 0 Å². The van der Waals surface area contributed by atoms with E-state index in [0.717, 1.165) is 31.4 Å². The maximum absolute atomic E-state index is 12.4. The molecule has 0 aliphatic rings. The van der Waals surface area contributed by atoms with Crippen molar-refractivity contribution in [3.63, 3.8) is 0 Å². The third kappa shape index (κ3) is 5.11.